The molecule has 0 spiro atoms. The van der Waals surface area contributed by atoms with Crippen LogP contribution in [0.2, 0.25) is 0 Å². The average Bonchev–Trinajstić information content (AvgIpc) is 2.75. The zero-order valence-corrected chi connectivity index (χ0v) is 13.0. The fourth-order valence-electron chi connectivity index (χ4n) is 2.71. The summed E-state index contributed by atoms with van der Waals surface area (Å²) in [4.78, 5) is 0. The van der Waals surface area contributed by atoms with Crippen molar-refractivity contribution in [1.82, 2.24) is 5.32 Å². The molecule has 3 nitrogen and oxygen atoms in total. The topological polar surface area (TPSA) is 30.5 Å². The first-order valence-corrected chi connectivity index (χ1v) is 7.71. The van der Waals surface area contributed by atoms with Crippen LogP contribution in [0, 0.1) is 11.8 Å². The Morgan fingerprint density at radius 1 is 1.32 bits per heavy atom. The summed E-state index contributed by atoms with van der Waals surface area (Å²) in [5.74, 6) is 1.44. The van der Waals surface area contributed by atoms with Gasteiger partial charge in [-0.1, -0.05) is 26.0 Å². The second-order valence-corrected chi connectivity index (χ2v) is 5.85. The number of rotatable bonds is 9. The Kier molecular flexibility index (Phi) is 8.35. The van der Waals surface area contributed by atoms with Gasteiger partial charge in [0.2, 0.25) is 0 Å². The van der Waals surface area contributed by atoms with Gasteiger partial charge in [-0.2, -0.15) is 0 Å². The minimum atomic E-state index is 0.416. The normalized spacial score (nSPS) is 27.7. The van der Waals surface area contributed by atoms with Crippen molar-refractivity contribution in [3.63, 3.8) is 0 Å². The molecule has 0 aromatic carbocycles. The van der Waals surface area contributed by atoms with Gasteiger partial charge in [-0.25, -0.2) is 0 Å². The van der Waals surface area contributed by atoms with E-state index in [2.05, 4.69) is 38.2 Å². The third kappa shape index (κ3) is 6.55. The van der Waals surface area contributed by atoms with Crippen LogP contribution >= 0.6 is 0 Å². The molecule has 0 radical (unpaired) electrons. The van der Waals surface area contributed by atoms with Crippen LogP contribution < -0.4 is 5.32 Å². The van der Waals surface area contributed by atoms with Crippen molar-refractivity contribution in [2.24, 2.45) is 11.8 Å². The molecule has 1 aliphatic heterocycles. The molecule has 0 aromatic rings. The first-order valence-electron chi connectivity index (χ1n) is 7.71. The number of hydrogen-bond donors (Lipinski definition) is 1. The lowest BCUT2D eigenvalue weighted by Crippen LogP contribution is -2.34. The molecule has 1 saturated heterocycles. The van der Waals surface area contributed by atoms with Gasteiger partial charge in [0.15, 0.2) is 0 Å². The molecule has 0 aliphatic carbocycles. The predicted octanol–water partition coefficient (Wildman–Crippen LogP) is 3.36. The molecular weight excluding hydrogens is 238 g/mol. The molecule has 1 aliphatic rings. The summed E-state index contributed by atoms with van der Waals surface area (Å²) >= 11 is 0. The standard InChI is InChI=1S/C16H31NO2/c1-5-7-14-10-15(11-19-12-18-6-2)17-16(14)9-8-13(3)4/h5,7,13-17H,6,8-12H2,1-4H3/b7-5-/t14-,15-,16?/m1/s1. The molecule has 0 aromatic heterocycles. The first-order chi connectivity index (χ1) is 9.17. The van der Waals surface area contributed by atoms with E-state index in [1.54, 1.807) is 0 Å². The van der Waals surface area contributed by atoms with Crippen LogP contribution in [-0.2, 0) is 9.47 Å². The summed E-state index contributed by atoms with van der Waals surface area (Å²) in [6.45, 7) is 10.6. The van der Waals surface area contributed by atoms with E-state index in [1.165, 1.54) is 19.3 Å². The molecule has 1 rings (SSSR count). The Labute approximate surface area is 118 Å². The van der Waals surface area contributed by atoms with Gasteiger partial charge in [-0.05, 0) is 44.9 Å². The second kappa shape index (κ2) is 9.51. The lowest BCUT2D eigenvalue weighted by Gasteiger charge is -2.18. The van der Waals surface area contributed by atoms with E-state index in [9.17, 15) is 0 Å². The van der Waals surface area contributed by atoms with Gasteiger partial charge in [-0.15, -0.1) is 0 Å². The molecule has 1 N–H and O–H groups in total. The monoisotopic (exact) mass is 269 g/mol. The SMILES string of the molecule is C/C=C\[C@@H]1C[C@H](COCOCC)NC1CCC(C)C. The fourth-order valence-corrected chi connectivity index (χ4v) is 2.71. The molecule has 0 bridgehead atoms. The summed E-state index contributed by atoms with van der Waals surface area (Å²) in [5, 5.41) is 3.73. The molecule has 19 heavy (non-hydrogen) atoms. The van der Waals surface area contributed by atoms with Crippen molar-refractivity contribution < 1.29 is 9.47 Å². The fraction of sp³-hybridized carbons (Fsp3) is 0.875. The quantitative estimate of drug-likeness (QED) is 0.395. The summed E-state index contributed by atoms with van der Waals surface area (Å²) in [6, 6.07) is 1.08. The zero-order valence-electron chi connectivity index (χ0n) is 13.0. The van der Waals surface area contributed by atoms with Crippen LogP contribution in [0.15, 0.2) is 12.2 Å². The molecule has 112 valence electrons. The Hall–Kier alpha value is -0.380. The van der Waals surface area contributed by atoms with E-state index in [0.717, 1.165) is 19.1 Å². The highest BCUT2D eigenvalue weighted by Gasteiger charge is 2.31. The van der Waals surface area contributed by atoms with Crippen molar-refractivity contribution in [2.75, 3.05) is 20.0 Å². The van der Waals surface area contributed by atoms with Crippen molar-refractivity contribution in [2.45, 2.75) is 59.0 Å². The average molecular weight is 269 g/mol. The van der Waals surface area contributed by atoms with E-state index >= 15 is 0 Å². The highest BCUT2D eigenvalue weighted by atomic mass is 16.7. The second-order valence-electron chi connectivity index (χ2n) is 5.85. The first kappa shape index (κ1) is 16.7. The minimum absolute atomic E-state index is 0.416. The summed E-state index contributed by atoms with van der Waals surface area (Å²) < 4.78 is 10.8. The lowest BCUT2D eigenvalue weighted by atomic mass is 9.93. The van der Waals surface area contributed by atoms with Crippen LogP contribution in [0.3, 0.4) is 0 Å². The predicted molar refractivity (Wildman–Crippen MR) is 80.1 cm³/mol. The van der Waals surface area contributed by atoms with Crippen LogP contribution in [-0.4, -0.2) is 32.1 Å². The number of nitrogens with one attached hydrogen (secondary N) is 1. The molecular formula is C16H31NO2. The number of allylic oxidation sites excluding steroid dienone is 1. The maximum absolute atomic E-state index is 5.55. The smallest absolute Gasteiger partial charge is 0.146 e. The lowest BCUT2D eigenvalue weighted by molar-refractivity contribution is -0.0547. The number of ether oxygens (including phenoxy) is 2. The van der Waals surface area contributed by atoms with E-state index < -0.39 is 0 Å². The van der Waals surface area contributed by atoms with Crippen molar-refractivity contribution in [3.8, 4) is 0 Å². The molecule has 1 fully saturated rings. The number of hydrogen-bond acceptors (Lipinski definition) is 3. The van der Waals surface area contributed by atoms with Gasteiger partial charge >= 0.3 is 0 Å². The zero-order chi connectivity index (χ0) is 14.1. The van der Waals surface area contributed by atoms with Gasteiger partial charge in [0.25, 0.3) is 0 Å². The van der Waals surface area contributed by atoms with E-state index in [1.807, 2.05) is 6.92 Å². The third-order valence-electron chi connectivity index (χ3n) is 3.71. The summed E-state index contributed by atoms with van der Waals surface area (Å²) in [6.07, 6.45) is 8.25. The Bertz CT molecular complexity index is 253. The highest BCUT2D eigenvalue weighted by molar-refractivity contribution is 5.00. The van der Waals surface area contributed by atoms with Crippen molar-refractivity contribution >= 4 is 0 Å². The molecule has 0 amide bonds. The highest BCUT2D eigenvalue weighted by Crippen LogP contribution is 2.26. The van der Waals surface area contributed by atoms with Crippen LogP contribution in [0.1, 0.15) is 47.0 Å². The largest absolute Gasteiger partial charge is 0.356 e. The van der Waals surface area contributed by atoms with Crippen LogP contribution in [0.4, 0.5) is 0 Å². The van der Waals surface area contributed by atoms with Gasteiger partial charge in [0.05, 0.1) is 6.61 Å². The minimum Gasteiger partial charge on any atom is -0.356 e. The van der Waals surface area contributed by atoms with Crippen molar-refractivity contribution in [1.29, 1.82) is 0 Å². The molecule has 1 heterocycles. The Morgan fingerprint density at radius 2 is 2.11 bits per heavy atom. The van der Waals surface area contributed by atoms with Gasteiger partial charge < -0.3 is 14.8 Å². The third-order valence-corrected chi connectivity index (χ3v) is 3.71. The van der Waals surface area contributed by atoms with Crippen molar-refractivity contribution in [3.05, 3.63) is 12.2 Å². The van der Waals surface area contributed by atoms with Gasteiger partial charge in [-0.3, -0.25) is 0 Å². The molecule has 3 atom stereocenters. The molecule has 0 saturated carbocycles. The molecule has 3 heteroatoms. The maximum atomic E-state index is 5.55. The van der Waals surface area contributed by atoms with E-state index in [4.69, 9.17) is 9.47 Å². The van der Waals surface area contributed by atoms with Gasteiger partial charge in [0.1, 0.15) is 6.79 Å². The van der Waals surface area contributed by atoms with E-state index in [0.29, 0.717) is 24.8 Å². The van der Waals surface area contributed by atoms with E-state index in [-0.39, 0.29) is 0 Å². The van der Waals surface area contributed by atoms with Gasteiger partial charge in [0, 0.05) is 18.7 Å². The maximum Gasteiger partial charge on any atom is 0.146 e. The van der Waals surface area contributed by atoms with Crippen LogP contribution in [0.25, 0.3) is 0 Å². The summed E-state index contributed by atoms with van der Waals surface area (Å²) in [5.41, 5.74) is 0. The Morgan fingerprint density at radius 3 is 2.74 bits per heavy atom. The van der Waals surface area contributed by atoms with Crippen LogP contribution in [0.5, 0.6) is 0 Å². The molecule has 1 unspecified atom stereocenters. The Balaban J connectivity index is 2.33. The summed E-state index contributed by atoms with van der Waals surface area (Å²) in [7, 11) is 0.